The van der Waals surface area contributed by atoms with Gasteiger partial charge in [0, 0.05) is 31.0 Å². The summed E-state index contributed by atoms with van der Waals surface area (Å²) < 4.78 is 24.7. The number of nitrogens with one attached hydrogen (secondary N) is 1. The first kappa shape index (κ1) is 42.8. The van der Waals surface area contributed by atoms with Crippen LogP contribution in [-0.2, 0) is 23.1 Å². The number of nitrogens with two attached hydrogens (primary N) is 1. The second-order valence-electron chi connectivity index (χ2n) is 13.5. The van der Waals surface area contributed by atoms with Crippen LogP contribution >= 0.6 is 24.8 Å². The van der Waals surface area contributed by atoms with Crippen molar-refractivity contribution in [1.29, 1.82) is 0 Å². The minimum Gasteiger partial charge on any atom is -0.493 e. The van der Waals surface area contributed by atoms with E-state index < -0.39 is 0 Å². The van der Waals surface area contributed by atoms with Crippen LogP contribution in [0, 0.1) is 5.82 Å². The van der Waals surface area contributed by atoms with Gasteiger partial charge in [0.1, 0.15) is 5.82 Å². The Morgan fingerprint density at radius 3 is 2.08 bits per heavy atom. The molecule has 1 amide bonds. The van der Waals surface area contributed by atoms with Gasteiger partial charge in [-0.2, -0.15) is 0 Å². The number of carbonyl (C=O) groups excluding carboxylic acids is 1. The van der Waals surface area contributed by atoms with Gasteiger partial charge >= 0.3 is 0 Å². The molecule has 5 rings (SSSR count). The molecule has 1 atom stereocenters. The van der Waals surface area contributed by atoms with E-state index in [2.05, 4.69) is 83.0 Å². The number of hydrogen-bond acceptors (Lipinski definition) is 5. The predicted octanol–water partition coefficient (Wildman–Crippen LogP) is 9.01. The van der Waals surface area contributed by atoms with Gasteiger partial charge in [-0.05, 0) is 117 Å². The Morgan fingerprint density at radius 1 is 0.846 bits per heavy atom. The maximum absolute atomic E-state index is 13.3. The zero-order valence-corrected chi connectivity index (χ0v) is 32.3. The van der Waals surface area contributed by atoms with E-state index in [1.54, 1.807) is 26.4 Å². The molecule has 0 saturated heterocycles. The van der Waals surface area contributed by atoms with Gasteiger partial charge in [-0.1, -0.05) is 79.2 Å². The zero-order valence-electron chi connectivity index (χ0n) is 30.7. The van der Waals surface area contributed by atoms with Crippen molar-refractivity contribution in [2.45, 2.75) is 75.7 Å². The lowest BCUT2D eigenvalue weighted by atomic mass is 9.68. The lowest BCUT2D eigenvalue weighted by Gasteiger charge is -2.40. The van der Waals surface area contributed by atoms with Gasteiger partial charge in [-0.3, -0.25) is 9.69 Å². The fourth-order valence-corrected chi connectivity index (χ4v) is 7.75. The molecule has 1 unspecified atom stereocenters. The molecule has 0 aromatic heterocycles. The number of nitrogens with zero attached hydrogens (tertiary/aromatic N) is 1. The number of aryl methyl sites for hydroxylation is 1. The van der Waals surface area contributed by atoms with Crippen molar-refractivity contribution in [2.24, 2.45) is 5.73 Å². The van der Waals surface area contributed by atoms with Crippen molar-refractivity contribution in [3.8, 4) is 11.5 Å². The van der Waals surface area contributed by atoms with E-state index in [-0.39, 0.29) is 42.0 Å². The summed E-state index contributed by atoms with van der Waals surface area (Å²) in [6.07, 6.45) is 8.91. The van der Waals surface area contributed by atoms with Crippen molar-refractivity contribution in [2.75, 3.05) is 40.4 Å². The second kappa shape index (κ2) is 21.8. The summed E-state index contributed by atoms with van der Waals surface area (Å²) in [6.45, 7) is 3.31. The molecule has 9 heteroatoms. The van der Waals surface area contributed by atoms with Crippen LogP contribution in [0.5, 0.6) is 11.5 Å². The molecule has 0 saturated carbocycles. The fraction of sp³-hybridized carbons (Fsp3) is 0.419. The average Bonchev–Trinajstić information content (AvgIpc) is 3.16. The van der Waals surface area contributed by atoms with Crippen LogP contribution in [0.1, 0.15) is 85.2 Å². The average molecular weight is 753 g/mol. The summed E-state index contributed by atoms with van der Waals surface area (Å²) in [5, 5.41) is 3.16. The summed E-state index contributed by atoms with van der Waals surface area (Å²) in [5.41, 5.74) is 12.0. The molecule has 6 nitrogen and oxygen atoms in total. The number of unbranched alkanes of at least 4 members (excludes halogenated alkanes) is 1. The van der Waals surface area contributed by atoms with Crippen molar-refractivity contribution >= 4 is 30.7 Å². The number of fused-ring (bicyclic) bond motifs is 1. The Morgan fingerprint density at radius 2 is 1.46 bits per heavy atom. The van der Waals surface area contributed by atoms with E-state index in [1.165, 1.54) is 34.4 Å². The van der Waals surface area contributed by atoms with Crippen molar-refractivity contribution in [1.82, 2.24) is 10.2 Å². The number of benzene rings is 4. The lowest BCUT2D eigenvalue weighted by Crippen LogP contribution is -2.37. The highest BCUT2D eigenvalue weighted by Gasteiger charge is 2.35. The molecular weight excluding hydrogens is 696 g/mol. The minimum absolute atomic E-state index is 0. The third-order valence-corrected chi connectivity index (χ3v) is 10.4. The first-order valence-electron chi connectivity index (χ1n) is 18.3. The number of halogens is 3. The van der Waals surface area contributed by atoms with E-state index in [4.69, 9.17) is 15.2 Å². The Hall–Kier alpha value is -3.62. The molecule has 0 aliphatic carbocycles. The molecule has 0 radical (unpaired) electrons. The first-order chi connectivity index (χ1) is 24.5. The van der Waals surface area contributed by atoms with Crippen molar-refractivity contribution in [3.05, 3.63) is 131 Å². The lowest BCUT2D eigenvalue weighted by molar-refractivity contribution is -0.121. The maximum Gasteiger partial charge on any atom is 0.220 e. The van der Waals surface area contributed by atoms with Gasteiger partial charge < -0.3 is 20.5 Å². The SMILES string of the molecule is COc1cc2c(cc1OC)C(CCCCN)N(CCCC(CCCNC(=O)CCc1ccc(F)cc1)(c1ccccc1)c1ccccc1)CC2.Cl.Cl. The highest BCUT2D eigenvalue weighted by molar-refractivity contribution is 5.85. The number of hydrogen-bond donors (Lipinski definition) is 2. The maximum atomic E-state index is 13.3. The Labute approximate surface area is 322 Å². The van der Waals surface area contributed by atoms with Crippen LogP contribution in [0.2, 0.25) is 0 Å². The van der Waals surface area contributed by atoms with Gasteiger partial charge in [0.15, 0.2) is 11.5 Å². The van der Waals surface area contributed by atoms with E-state index in [0.717, 1.165) is 81.5 Å². The van der Waals surface area contributed by atoms with Crippen molar-refractivity contribution < 1.29 is 18.7 Å². The van der Waals surface area contributed by atoms with Crippen LogP contribution in [0.4, 0.5) is 4.39 Å². The molecule has 1 heterocycles. The van der Waals surface area contributed by atoms with Gasteiger partial charge in [-0.15, -0.1) is 24.8 Å². The molecular formula is C43H56Cl2FN3O3. The Kier molecular flexibility index (Phi) is 17.9. The third kappa shape index (κ3) is 11.2. The number of ether oxygens (including phenoxy) is 2. The molecule has 0 spiro atoms. The van der Waals surface area contributed by atoms with Gasteiger partial charge in [0.05, 0.1) is 14.2 Å². The summed E-state index contributed by atoms with van der Waals surface area (Å²) in [7, 11) is 3.41. The Bertz CT molecular complexity index is 1590. The predicted molar refractivity (Wildman–Crippen MR) is 215 cm³/mol. The van der Waals surface area contributed by atoms with Crippen molar-refractivity contribution in [3.63, 3.8) is 0 Å². The smallest absolute Gasteiger partial charge is 0.220 e. The van der Waals surface area contributed by atoms with Gasteiger partial charge in [0.2, 0.25) is 5.91 Å². The monoisotopic (exact) mass is 751 g/mol. The highest BCUT2D eigenvalue weighted by Crippen LogP contribution is 2.43. The standard InChI is InChI=1S/C43H54FN3O3.2ClH/c1-49-40-31-34-24-30-47(39(17-9-10-27-45)38(34)32-41(40)50-2)29-12-26-43(35-13-5-3-6-14-35,36-15-7-4-8-16-36)25-11-28-46-42(48)23-20-33-18-21-37(44)22-19-33;;/h3-8,13-16,18-19,21-22,31-32,39H,9-12,17,20,23-30,45H2,1-2H3,(H,46,48);2*1H. The molecule has 0 fully saturated rings. The van der Waals surface area contributed by atoms with E-state index in [1.807, 2.05) is 0 Å². The van der Waals surface area contributed by atoms with Crippen LogP contribution in [0.15, 0.2) is 97.1 Å². The summed E-state index contributed by atoms with van der Waals surface area (Å²) in [5.74, 6) is 1.34. The minimum atomic E-state index is -0.260. The third-order valence-electron chi connectivity index (χ3n) is 10.4. The summed E-state index contributed by atoms with van der Waals surface area (Å²) >= 11 is 0. The van der Waals surface area contributed by atoms with Gasteiger partial charge in [-0.25, -0.2) is 4.39 Å². The number of rotatable bonds is 19. The topological polar surface area (TPSA) is 76.8 Å². The highest BCUT2D eigenvalue weighted by atomic mass is 35.5. The normalized spacial score (nSPS) is 14.0. The number of carbonyl (C=O) groups is 1. The van der Waals surface area contributed by atoms with Crippen LogP contribution in [-0.4, -0.2) is 51.2 Å². The molecule has 1 aliphatic heterocycles. The first-order valence-corrected chi connectivity index (χ1v) is 18.3. The molecule has 3 N–H and O–H groups in total. The zero-order chi connectivity index (χ0) is 35.2. The molecule has 282 valence electrons. The Balaban J connectivity index is 0.00000364. The quantitative estimate of drug-likeness (QED) is 0.0936. The molecule has 0 bridgehead atoms. The van der Waals surface area contributed by atoms with Crippen LogP contribution in [0.3, 0.4) is 0 Å². The molecule has 1 aliphatic rings. The van der Waals surface area contributed by atoms with Crippen LogP contribution in [0.25, 0.3) is 0 Å². The summed E-state index contributed by atoms with van der Waals surface area (Å²) in [6, 6.07) is 32.8. The van der Waals surface area contributed by atoms with Gasteiger partial charge in [0.25, 0.3) is 0 Å². The van der Waals surface area contributed by atoms with E-state index in [9.17, 15) is 9.18 Å². The number of amides is 1. The van der Waals surface area contributed by atoms with E-state index >= 15 is 0 Å². The van der Waals surface area contributed by atoms with Crippen LogP contribution < -0.4 is 20.5 Å². The fourth-order valence-electron chi connectivity index (χ4n) is 7.75. The molecule has 4 aromatic rings. The van der Waals surface area contributed by atoms with E-state index in [0.29, 0.717) is 32.0 Å². The molecule has 52 heavy (non-hydrogen) atoms. The number of methoxy groups -OCH3 is 2. The largest absolute Gasteiger partial charge is 0.493 e. The second-order valence-corrected chi connectivity index (χ2v) is 13.5. The summed E-state index contributed by atoms with van der Waals surface area (Å²) in [4.78, 5) is 15.4. The molecule has 4 aromatic carbocycles.